The maximum atomic E-state index is 16.2. The first kappa shape index (κ1) is 30.0. The van der Waals surface area contributed by atoms with Crippen molar-refractivity contribution in [2.45, 2.75) is 107 Å². The van der Waals surface area contributed by atoms with Gasteiger partial charge >= 0.3 is 5.97 Å². The Morgan fingerprint density at radius 2 is 1.61 bits per heavy atom. The number of rotatable bonds is 4. The summed E-state index contributed by atoms with van der Waals surface area (Å²) in [4.78, 5) is 41.3. The first-order valence-electron chi connectivity index (χ1n) is 15.7. The van der Waals surface area contributed by atoms with Gasteiger partial charge in [-0.1, -0.05) is 55.2 Å². The van der Waals surface area contributed by atoms with E-state index in [1.807, 2.05) is 6.07 Å². The summed E-state index contributed by atoms with van der Waals surface area (Å²) in [6, 6.07) is 9.16. The topological polar surface area (TPSA) is 108 Å². The first-order valence-corrected chi connectivity index (χ1v) is 16.4. The fourth-order valence-corrected chi connectivity index (χ4v) is 9.80. The zero-order chi connectivity index (χ0) is 31.3. The van der Waals surface area contributed by atoms with E-state index in [-0.39, 0.29) is 27.8 Å². The maximum absolute atomic E-state index is 16.2. The highest BCUT2D eigenvalue weighted by molar-refractivity contribution is 6.31. The molecule has 0 unspecified atom stereocenters. The average molecular weight is 643 g/mol. The molecule has 1 saturated heterocycles. The second-order valence-electron chi connectivity index (χ2n) is 14.8. The van der Waals surface area contributed by atoms with E-state index in [0.29, 0.717) is 67.6 Å². The van der Waals surface area contributed by atoms with Crippen LogP contribution in [0.4, 0.5) is 10.1 Å². The van der Waals surface area contributed by atoms with Gasteiger partial charge in [-0.15, -0.1) is 0 Å². The fraction of sp³-hybridized carbons (Fsp3) is 0.559. The molecule has 2 spiro atoms. The summed E-state index contributed by atoms with van der Waals surface area (Å²) in [7, 11) is 0. The predicted octanol–water partition coefficient (Wildman–Crippen LogP) is 6.71. The van der Waals surface area contributed by atoms with Crippen LogP contribution in [0.15, 0.2) is 36.4 Å². The van der Waals surface area contributed by atoms with Crippen LogP contribution in [0.3, 0.4) is 0 Å². The second kappa shape index (κ2) is 9.91. The summed E-state index contributed by atoms with van der Waals surface area (Å²) < 4.78 is 16.2. The summed E-state index contributed by atoms with van der Waals surface area (Å²) in [5.41, 5.74) is -1.87. The van der Waals surface area contributed by atoms with Gasteiger partial charge < -0.3 is 15.7 Å². The van der Waals surface area contributed by atoms with Crippen LogP contribution in [-0.4, -0.2) is 40.0 Å². The molecule has 2 bridgehead atoms. The van der Waals surface area contributed by atoms with Gasteiger partial charge in [0.2, 0.25) is 11.8 Å². The van der Waals surface area contributed by atoms with Crippen molar-refractivity contribution in [3.05, 3.63) is 63.4 Å². The van der Waals surface area contributed by atoms with Crippen molar-refractivity contribution >= 4 is 46.7 Å². The Hall–Kier alpha value is -2.68. The Kier molecular flexibility index (Phi) is 6.76. The van der Waals surface area contributed by atoms with Crippen LogP contribution in [-0.2, 0) is 19.8 Å². The molecule has 2 aromatic carbocycles. The highest BCUT2D eigenvalue weighted by atomic mass is 35.5. The third kappa shape index (κ3) is 4.12. The van der Waals surface area contributed by atoms with Gasteiger partial charge in [0.15, 0.2) is 0 Å². The number of fused-ring (bicyclic) bond motifs is 6. The second-order valence-corrected chi connectivity index (χ2v) is 15.6. The van der Waals surface area contributed by atoms with E-state index in [9.17, 15) is 19.5 Å². The van der Waals surface area contributed by atoms with Gasteiger partial charge in [-0.2, -0.15) is 0 Å². The number of hydrogen-bond donors (Lipinski definition) is 4. The number of anilines is 1. The van der Waals surface area contributed by atoms with Crippen molar-refractivity contribution in [2.75, 3.05) is 5.32 Å². The zero-order valence-corrected chi connectivity index (χ0v) is 26.5. The van der Waals surface area contributed by atoms with Gasteiger partial charge in [-0.3, -0.25) is 19.7 Å². The SMILES string of the molecule is CC1(C)CCC2(CC1)N[C@@H](C(=O)NC13CCC(C(=O)O)(CC1)CC3)[C@H](c1cccc(Cl)c1F)[C@]21C(=O)Nc2cc(Cl)ccc21. The normalized spacial score (nSPS) is 34.6. The number of carbonyl (C=O) groups is 3. The third-order valence-electron chi connectivity index (χ3n) is 12.1. The number of halogens is 3. The molecule has 4 saturated carbocycles. The van der Waals surface area contributed by atoms with Crippen LogP contribution in [0.2, 0.25) is 10.0 Å². The highest BCUT2D eigenvalue weighted by Gasteiger charge is 2.73. The highest BCUT2D eigenvalue weighted by Crippen LogP contribution is 2.64. The molecule has 7 nitrogen and oxygen atoms in total. The van der Waals surface area contributed by atoms with Gasteiger partial charge in [-0.05, 0) is 98.9 Å². The molecule has 4 aliphatic carbocycles. The molecule has 0 aromatic heterocycles. The van der Waals surface area contributed by atoms with E-state index >= 15 is 4.39 Å². The molecule has 44 heavy (non-hydrogen) atoms. The van der Waals surface area contributed by atoms with Gasteiger partial charge in [0.1, 0.15) is 11.2 Å². The van der Waals surface area contributed by atoms with E-state index in [4.69, 9.17) is 23.2 Å². The minimum Gasteiger partial charge on any atom is -0.481 e. The van der Waals surface area contributed by atoms with Crippen LogP contribution < -0.4 is 16.0 Å². The van der Waals surface area contributed by atoms with E-state index < -0.39 is 45.7 Å². The van der Waals surface area contributed by atoms with Crippen LogP contribution in [0.25, 0.3) is 0 Å². The molecule has 10 heteroatoms. The molecular weight excluding hydrogens is 604 g/mol. The summed E-state index contributed by atoms with van der Waals surface area (Å²) in [6.07, 6.45) is 6.09. The molecule has 2 aliphatic heterocycles. The number of carboxylic acid groups (broad SMARTS) is 1. The number of amides is 2. The molecule has 0 radical (unpaired) electrons. The van der Waals surface area contributed by atoms with Crippen LogP contribution >= 0.6 is 23.2 Å². The fourth-order valence-electron chi connectivity index (χ4n) is 9.45. The number of nitrogens with one attached hydrogen (secondary N) is 3. The molecule has 234 valence electrons. The van der Waals surface area contributed by atoms with Crippen molar-refractivity contribution in [1.82, 2.24) is 10.6 Å². The van der Waals surface area contributed by atoms with Crippen molar-refractivity contribution < 1.29 is 23.9 Å². The van der Waals surface area contributed by atoms with Gasteiger partial charge in [-0.25, -0.2) is 4.39 Å². The standard InChI is InChI=1S/C34H38Cl2FN3O4/c1-30(2)8-16-33(17-9-30)34(21-7-6-19(35)18-23(21)38-28(34)42)24(20-4-3-5-22(36)25(20)37)26(39-33)27(41)40-32-13-10-31(11-14-32,12-15-32)29(43)44/h3-7,18,24,26,39H,8-17H2,1-2H3,(H,38,42)(H,40,41)(H,43,44)/t24-,26+,31?,32?,34+/m0/s1. The molecular formula is C34H38Cl2FN3O4. The Morgan fingerprint density at radius 1 is 0.955 bits per heavy atom. The van der Waals surface area contributed by atoms with E-state index in [1.165, 1.54) is 6.07 Å². The lowest BCUT2D eigenvalue weighted by Crippen LogP contribution is -2.62. The molecule has 2 amide bonds. The molecule has 5 fully saturated rings. The minimum atomic E-state index is -1.31. The maximum Gasteiger partial charge on any atom is 0.309 e. The Balaban J connectivity index is 1.38. The smallest absolute Gasteiger partial charge is 0.309 e. The lowest BCUT2D eigenvalue weighted by atomic mass is 9.53. The number of aliphatic carboxylic acids is 1. The predicted molar refractivity (Wildman–Crippen MR) is 166 cm³/mol. The third-order valence-corrected chi connectivity index (χ3v) is 12.7. The molecule has 4 N–H and O–H groups in total. The van der Waals surface area contributed by atoms with E-state index in [2.05, 4.69) is 29.8 Å². The molecule has 2 heterocycles. The summed E-state index contributed by atoms with van der Waals surface area (Å²) in [5.74, 6) is -2.88. The number of carboxylic acids is 1. The number of carbonyl (C=O) groups excluding carboxylic acids is 2. The van der Waals surface area contributed by atoms with Gasteiger partial charge in [0, 0.05) is 27.7 Å². The van der Waals surface area contributed by atoms with Crippen LogP contribution in [0, 0.1) is 16.6 Å². The Labute approximate surface area is 266 Å². The van der Waals surface area contributed by atoms with Crippen molar-refractivity contribution in [3.63, 3.8) is 0 Å². The van der Waals surface area contributed by atoms with Crippen molar-refractivity contribution in [3.8, 4) is 0 Å². The minimum absolute atomic E-state index is 0.0446. The van der Waals surface area contributed by atoms with Gasteiger partial charge in [0.05, 0.1) is 16.5 Å². The zero-order valence-electron chi connectivity index (χ0n) is 25.0. The van der Waals surface area contributed by atoms with E-state index in [1.54, 1.807) is 24.3 Å². The number of hydrogen-bond acceptors (Lipinski definition) is 4. The molecule has 6 aliphatic rings. The monoisotopic (exact) mass is 641 g/mol. The summed E-state index contributed by atoms with van der Waals surface area (Å²) >= 11 is 12.8. The van der Waals surface area contributed by atoms with Gasteiger partial charge in [0.25, 0.3) is 0 Å². The lowest BCUT2D eigenvalue weighted by Gasteiger charge is -2.52. The molecule has 8 rings (SSSR count). The average Bonchev–Trinajstić information content (AvgIpc) is 3.45. The van der Waals surface area contributed by atoms with E-state index in [0.717, 1.165) is 12.8 Å². The van der Waals surface area contributed by atoms with Crippen LogP contribution in [0.5, 0.6) is 0 Å². The lowest BCUT2D eigenvalue weighted by molar-refractivity contribution is -0.157. The van der Waals surface area contributed by atoms with Crippen LogP contribution in [0.1, 0.15) is 95.1 Å². The Morgan fingerprint density at radius 3 is 2.25 bits per heavy atom. The van der Waals surface area contributed by atoms with Crippen molar-refractivity contribution in [1.29, 1.82) is 0 Å². The Bertz CT molecular complexity index is 1560. The summed E-state index contributed by atoms with van der Waals surface area (Å²) in [6.45, 7) is 4.43. The number of benzene rings is 2. The summed E-state index contributed by atoms with van der Waals surface area (Å²) in [5, 5.41) is 20.4. The van der Waals surface area contributed by atoms with Crippen molar-refractivity contribution in [2.24, 2.45) is 10.8 Å². The quantitative estimate of drug-likeness (QED) is 0.297. The largest absolute Gasteiger partial charge is 0.481 e. The molecule has 3 atom stereocenters. The molecule has 2 aromatic rings. The first-order chi connectivity index (χ1) is 20.8.